The maximum absolute atomic E-state index is 12.0. The van der Waals surface area contributed by atoms with Crippen molar-refractivity contribution >= 4 is 18.0 Å². The highest BCUT2D eigenvalue weighted by atomic mass is 16.6. The highest BCUT2D eigenvalue weighted by Crippen LogP contribution is 2.30. The van der Waals surface area contributed by atoms with E-state index >= 15 is 0 Å². The number of imide groups is 1. The number of carbonyl (C=O) groups is 3. The molecule has 0 aliphatic heterocycles. The third kappa shape index (κ3) is 6.04. The van der Waals surface area contributed by atoms with Gasteiger partial charge in [-0.05, 0) is 39.0 Å². The number of hydrogen-bond acceptors (Lipinski definition) is 5. The second kappa shape index (κ2) is 8.55. The van der Waals surface area contributed by atoms with Crippen molar-refractivity contribution in [3.63, 3.8) is 0 Å². The zero-order valence-corrected chi connectivity index (χ0v) is 12.2. The number of nitrogens with zero attached hydrogens (tertiary/aromatic N) is 1. The second-order valence-corrected chi connectivity index (χ2v) is 4.81. The average Bonchev–Trinajstić information content (AvgIpc) is 3.20. The first-order chi connectivity index (χ1) is 9.58. The summed E-state index contributed by atoms with van der Waals surface area (Å²) in [6.45, 7) is 4.45. The molecule has 1 fully saturated rings. The Bertz CT molecular complexity index is 351. The predicted molar refractivity (Wildman–Crippen MR) is 71.9 cm³/mol. The Labute approximate surface area is 119 Å². The lowest BCUT2D eigenvalue weighted by Gasteiger charge is -2.19. The van der Waals surface area contributed by atoms with Gasteiger partial charge < -0.3 is 9.47 Å². The van der Waals surface area contributed by atoms with Gasteiger partial charge in [-0.2, -0.15) is 0 Å². The molecule has 1 aliphatic carbocycles. The van der Waals surface area contributed by atoms with Gasteiger partial charge in [-0.3, -0.25) is 9.59 Å². The summed E-state index contributed by atoms with van der Waals surface area (Å²) in [5, 5.41) is 0. The van der Waals surface area contributed by atoms with Crippen molar-refractivity contribution in [3.05, 3.63) is 0 Å². The average molecular weight is 285 g/mol. The summed E-state index contributed by atoms with van der Waals surface area (Å²) in [6, 6.07) is 0. The molecule has 0 heterocycles. The van der Waals surface area contributed by atoms with Gasteiger partial charge in [0.05, 0.1) is 13.2 Å². The second-order valence-electron chi connectivity index (χ2n) is 4.81. The first-order valence-corrected chi connectivity index (χ1v) is 7.21. The summed E-state index contributed by atoms with van der Waals surface area (Å²) in [7, 11) is 0. The maximum atomic E-state index is 12.0. The third-order valence-corrected chi connectivity index (χ3v) is 3.00. The van der Waals surface area contributed by atoms with Crippen LogP contribution in [-0.2, 0) is 19.1 Å². The highest BCUT2D eigenvalue weighted by molar-refractivity contribution is 5.92. The zero-order chi connectivity index (χ0) is 15.0. The number of amides is 2. The fourth-order valence-electron chi connectivity index (χ4n) is 1.79. The molecular weight excluding hydrogens is 262 g/mol. The normalized spacial score (nSPS) is 13.7. The highest BCUT2D eigenvalue weighted by Gasteiger charge is 2.31. The van der Waals surface area contributed by atoms with Crippen LogP contribution in [0.15, 0.2) is 0 Å². The molecule has 0 atom stereocenters. The van der Waals surface area contributed by atoms with E-state index in [-0.39, 0.29) is 31.3 Å². The number of esters is 1. The van der Waals surface area contributed by atoms with E-state index in [1.165, 1.54) is 4.90 Å². The molecule has 0 unspecified atom stereocenters. The van der Waals surface area contributed by atoms with Gasteiger partial charge in [0.25, 0.3) is 0 Å². The lowest BCUT2D eigenvalue weighted by molar-refractivity contribution is -0.143. The summed E-state index contributed by atoms with van der Waals surface area (Å²) in [4.78, 5) is 36.1. The first kappa shape index (κ1) is 16.5. The standard InChI is InChI=1S/C14H23NO5/c1-3-19-13(17)7-5-6-12(16)15(10-11-8-9-11)14(18)20-4-2/h11H,3-10H2,1-2H3. The molecule has 6 heteroatoms. The van der Waals surface area contributed by atoms with Gasteiger partial charge >= 0.3 is 12.1 Å². The molecule has 0 aromatic carbocycles. The summed E-state index contributed by atoms with van der Waals surface area (Å²) >= 11 is 0. The zero-order valence-electron chi connectivity index (χ0n) is 12.2. The fourth-order valence-corrected chi connectivity index (χ4v) is 1.79. The molecule has 0 spiro atoms. The van der Waals surface area contributed by atoms with Gasteiger partial charge in [-0.1, -0.05) is 0 Å². The van der Waals surface area contributed by atoms with Crippen LogP contribution in [0.2, 0.25) is 0 Å². The summed E-state index contributed by atoms with van der Waals surface area (Å²) in [5.41, 5.74) is 0. The van der Waals surface area contributed by atoms with Crippen molar-refractivity contribution in [1.29, 1.82) is 0 Å². The molecule has 0 saturated heterocycles. The van der Waals surface area contributed by atoms with Gasteiger partial charge in [0.2, 0.25) is 5.91 Å². The van der Waals surface area contributed by atoms with Crippen LogP contribution in [-0.4, -0.2) is 42.6 Å². The number of hydrogen-bond donors (Lipinski definition) is 0. The monoisotopic (exact) mass is 285 g/mol. The number of rotatable bonds is 8. The molecule has 1 saturated carbocycles. The minimum Gasteiger partial charge on any atom is -0.466 e. The molecule has 0 radical (unpaired) electrons. The van der Waals surface area contributed by atoms with Crippen LogP contribution in [0.1, 0.15) is 46.0 Å². The van der Waals surface area contributed by atoms with Gasteiger partial charge in [0.15, 0.2) is 0 Å². The van der Waals surface area contributed by atoms with E-state index in [1.54, 1.807) is 13.8 Å². The van der Waals surface area contributed by atoms with Crippen molar-refractivity contribution in [2.24, 2.45) is 5.92 Å². The lowest BCUT2D eigenvalue weighted by atomic mass is 10.2. The maximum Gasteiger partial charge on any atom is 0.416 e. The van der Waals surface area contributed by atoms with Crippen molar-refractivity contribution < 1.29 is 23.9 Å². The number of ether oxygens (including phenoxy) is 2. The Morgan fingerprint density at radius 2 is 1.70 bits per heavy atom. The predicted octanol–water partition coefficient (Wildman–Crippen LogP) is 2.11. The van der Waals surface area contributed by atoms with Gasteiger partial charge in [-0.25, -0.2) is 9.69 Å². The van der Waals surface area contributed by atoms with Gasteiger partial charge in [0.1, 0.15) is 0 Å². The molecule has 0 N–H and O–H groups in total. The van der Waals surface area contributed by atoms with Crippen molar-refractivity contribution in [1.82, 2.24) is 4.90 Å². The molecule has 114 valence electrons. The van der Waals surface area contributed by atoms with Crippen LogP contribution in [0.5, 0.6) is 0 Å². The molecule has 0 aromatic rings. The summed E-state index contributed by atoms with van der Waals surface area (Å²) in [6.07, 6.45) is 2.25. The first-order valence-electron chi connectivity index (χ1n) is 7.21. The molecule has 1 aliphatic rings. The van der Waals surface area contributed by atoms with E-state index in [0.29, 0.717) is 25.5 Å². The molecule has 20 heavy (non-hydrogen) atoms. The molecule has 6 nitrogen and oxygen atoms in total. The van der Waals surface area contributed by atoms with Crippen LogP contribution < -0.4 is 0 Å². The van der Waals surface area contributed by atoms with E-state index in [0.717, 1.165) is 12.8 Å². The molecular formula is C14H23NO5. The minimum atomic E-state index is -0.583. The Balaban J connectivity index is 2.37. The Hall–Kier alpha value is -1.59. The quantitative estimate of drug-likeness (QED) is 0.639. The molecule has 0 aromatic heterocycles. The third-order valence-electron chi connectivity index (χ3n) is 3.00. The topological polar surface area (TPSA) is 72.9 Å². The molecule has 0 bridgehead atoms. The van der Waals surface area contributed by atoms with Crippen molar-refractivity contribution in [2.45, 2.75) is 46.0 Å². The molecule has 2 amide bonds. The Morgan fingerprint density at radius 1 is 1.05 bits per heavy atom. The van der Waals surface area contributed by atoms with E-state index < -0.39 is 6.09 Å². The number of carbonyl (C=O) groups excluding carboxylic acids is 3. The summed E-state index contributed by atoms with van der Waals surface area (Å²) < 4.78 is 9.68. The van der Waals surface area contributed by atoms with Crippen LogP contribution in [0.3, 0.4) is 0 Å². The SMILES string of the molecule is CCOC(=O)CCCC(=O)N(CC1CC1)C(=O)OCC. The van der Waals surface area contributed by atoms with Gasteiger partial charge in [-0.15, -0.1) is 0 Å². The minimum absolute atomic E-state index is 0.157. The van der Waals surface area contributed by atoms with Crippen LogP contribution in [0, 0.1) is 5.92 Å². The smallest absolute Gasteiger partial charge is 0.416 e. The summed E-state index contributed by atoms with van der Waals surface area (Å²) in [5.74, 6) is -0.182. The molecule has 1 rings (SSSR count). The Morgan fingerprint density at radius 3 is 2.25 bits per heavy atom. The Kier molecular flexibility index (Phi) is 7.04. The van der Waals surface area contributed by atoms with E-state index in [4.69, 9.17) is 9.47 Å². The van der Waals surface area contributed by atoms with E-state index in [2.05, 4.69) is 0 Å². The van der Waals surface area contributed by atoms with Gasteiger partial charge in [0, 0.05) is 19.4 Å². The van der Waals surface area contributed by atoms with Crippen LogP contribution in [0.4, 0.5) is 4.79 Å². The van der Waals surface area contributed by atoms with Crippen LogP contribution >= 0.6 is 0 Å². The largest absolute Gasteiger partial charge is 0.466 e. The van der Waals surface area contributed by atoms with Crippen molar-refractivity contribution in [2.75, 3.05) is 19.8 Å². The van der Waals surface area contributed by atoms with E-state index in [9.17, 15) is 14.4 Å². The van der Waals surface area contributed by atoms with Crippen molar-refractivity contribution in [3.8, 4) is 0 Å². The lowest BCUT2D eigenvalue weighted by Crippen LogP contribution is -2.38. The van der Waals surface area contributed by atoms with E-state index in [1.807, 2.05) is 0 Å². The fraction of sp³-hybridized carbons (Fsp3) is 0.786. The van der Waals surface area contributed by atoms with Crippen LogP contribution in [0.25, 0.3) is 0 Å².